The number of hydrogen-bond acceptors (Lipinski definition) is 4. The van der Waals surface area contributed by atoms with Gasteiger partial charge in [-0.2, -0.15) is 0 Å². The summed E-state index contributed by atoms with van der Waals surface area (Å²) in [5.41, 5.74) is 7.00. The number of hydrogen-bond donors (Lipinski definition) is 1. The summed E-state index contributed by atoms with van der Waals surface area (Å²) in [4.78, 5) is 11.2. The Morgan fingerprint density at radius 3 is 2.81 bits per heavy atom. The van der Waals surface area contributed by atoms with Gasteiger partial charge in [-0.3, -0.25) is 4.79 Å². The van der Waals surface area contributed by atoms with Crippen molar-refractivity contribution in [2.75, 3.05) is 13.2 Å². The van der Waals surface area contributed by atoms with Crippen LogP contribution in [0.1, 0.15) is 45.1 Å². The van der Waals surface area contributed by atoms with Crippen molar-refractivity contribution in [3.63, 3.8) is 0 Å². The number of unbranched alkanes of at least 4 members (excludes halogenated alkanes) is 2. The minimum atomic E-state index is -0.109. The quantitative estimate of drug-likeness (QED) is 0.532. The lowest BCUT2D eigenvalue weighted by molar-refractivity contribution is -0.143. The van der Waals surface area contributed by atoms with Gasteiger partial charge in [-0.1, -0.05) is 12.1 Å². The van der Waals surface area contributed by atoms with Crippen molar-refractivity contribution in [2.24, 2.45) is 5.73 Å². The normalized spacial score (nSPS) is 12.0. The van der Waals surface area contributed by atoms with Crippen molar-refractivity contribution >= 4 is 5.97 Å². The molecule has 21 heavy (non-hydrogen) atoms. The molecule has 1 unspecified atom stereocenters. The molecule has 1 aromatic carbocycles. The van der Waals surface area contributed by atoms with Crippen LogP contribution in [-0.4, -0.2) is 25.2 Å². The highest BCUT2D eigenvalue weighted by molar-refractivity contribution is 5.69. The lowest BCUT2D eigenvalue weighted by Gasteiger charge is -2.09. The first kappa shape index (κ1) is 17.5. The Balaban J connectivity index is 2.16. The fourth-order valence-corrected chi connectivity index (χ4v) is 2.11. The third-order valence-electron chi connectivity index (χ3n) is 3.06. The summed E-state index contributed by atoms with van der Waals surface area (Å²) in [6.07, 6.45) is 4.12. The fourth-order valence-electron chi connectivity index (χ4n) is 2.11. The van der Waals surface area contributed by atoms with E-state index in [-0.39, 0.29) is 12.0 Å². The zero-order valence-electron chi connectivity index (χ0n) is 13.1. The van der Waals surface area contributed by atoms with Crippen LogP contribution in [0.4, 0.5) is 0 Å². The molecule has 4 heteroatoms. The predicted molar refractivity (Wildman–Crippen MR) is 84.4 cm³/mol. The first-order chi connectivity index (χ1) is 10.1. The highest BCUT2D eigenvalue weighted by atomic mass is 16.5. The molecule has 0 fully saturated rings. The second-order valence-corrected chi connectivity index (χ2v) is 5.29. The molecule has 0 heterocycles. The molecule has 0 aliphatic rings. The van der Waals surface area contributed by atoms with Gasteiger partial charge < -0.3 is 15.2 Å². The van der Waals surface area contributed by atoms with E-state index >= 15 is 0 Å². The molecule has 1 atom stereocenters. The van der Waals surface area contributed by atoms with E-state index in [4.69, 9.17) is 15.2 Å². The van der Waals surface area contributed by atoms with E-state index in [0.29, 0.717) is 19.6 Å². The van der Waals surface area contributed by atoms with Crippen molar-refractivity contribution in [1.29, 1.82) is 0 Å². The summed E-state index contributed by atoms with van der Waals surface area (Å²) >= 11 is 0. The van der Waals surface area contributed by atoms with Gasteiger partial charge in [-0.05, 0) is 57.2 Å². The number of benzene rings is 1. The molecule has 2 N–H and O–H groups in total. The van der Waals surface area contributed by atoms with Gasteiger partial charge in [0, 0.05) is 12.5 Å². The standard InChI is InChI=1S/C17H27NO3/c1-3-20-17(19)10-5-4-6-11-21-16-9-7-8-15(13-16)12-14(2)18/h7-9,13-14H,3-6,10-12,18H2,1-2H3. The van der Waals surface area contributed by atoms with Crippen LogP contribution in [0.3, 0.4) is 0 Å². The monoisotopic (exact) mass is 293 g/mol. The fraction of sp³-hybridized carbons (Fsp3) is 0.588. The van der Waals surface area contributed by atoms with Crippen molar-refractivity contribution in [2.45, 2.75) is 52.0 Å². The van der Waals surface area contributed by atoms with Gasteiger partial charge in [-0.15, -0.1) is 0 Å². The summed E-state index contributed by atoms with van der Waals surface area (Å²) in [5.74, 6) is 0.778. The van der Waals surface area contributed by atoms with Crippen molar-refractivity contribution in [1.82, 2.24) is 0 Å². The zero-order valence-corrected chi connectivity index (χ0v) is 13.1. The van der Waals surface area contributed by atoms with Crippen LogP contribution in [0.15, 0.2) is 24.3 Å². The molecular formula is C17H27NO3. The predicted octanol–water partition coefficient (Wildman–Crippen LogP) is 3.08. The molecule has 4 nitrogen and oxygen atoms in total. The minimum absolute atomic E-state index is 0.109. The van der Waals surface area contributed by atoms with E-state index in [9.17, 15) is 4.79 Å². The second kappa shape index (κ2) is 10.2. The molecule has 0 bridgehead atoms. The third-order valence-corrected chi connectivity index (χ3v) is 3.06. The third kappa shape index (κ3) is 8.35. The largest absolute Gasteiger partial charge is 0.494 e. The number of esters is 1. The van der Waals surface area contributed by atoms with Gasteiger partial charge in [0.05, 0.1) is 13.2 Å². The molecular weight excluding hydrogens is 266 g/mol. The van der Waals surface area contributed by atoms with Gasteiger partial charge in [-0.25, -0.2) is 0 Å². The summed E-state index contributed by atoms with van der Waals surface area (Å²) in [7, 11) is 0. The topological polar surface area (TPSA) is 61.5 Å². The number of carbonyl (C=O) groups excluding carboxylic acids is 1. The molecule has 0 spiro atoms. The first-order valence-corrected chi connectivity index (χ1v) is 7.74. The molecule has 0 saturated heterocycles. The van der Waals surface area contributed by atoms with Crippen molar-refractivity contribution < 1.29 is 14.3 Å². The molecule has 0 amide bonds. The van der Waals surface area contributed by atoms with Crippen LogP contribution < -0.4 is 10.5 Å². The van der Waals surface area contributed by atoms with E-state index < -0.39 is 0 Å². The molecule has 0 saturated carbocycles. The smallest absolute Gasteiger partial charge is 0.305 e. The van der Waals surface area contributed by atoms with Gasteiger partial charge in [0.25, 0.3) is 0 Å². The van der Waals surface area contributed by atoms with Gasteiger partial charge in [0.2, 0.25) is 0 Å². The summed E-state index contributed by atoms with van der Waals surface area (Å²) in [5, 5.41) is 0. The number of ether oxygens (including phenoxy) is 2. The average molecular weight is 293 g/mol. The van der Waals surface area contributed by atoms with Crippen LogP contribution in [0, 0.1) is 0 Å². The van der Waals surface area contributed by atoms with Gasteiger partial charge in [0.1, 0.15) is 5.75 Å². The van der Waals surface area contributed by atoms with E-state index in [1.54, 1.807) is 0 Å². The molecule has 0 aromatic heterocycles. The Bertz CT molecular complexity index is 418. The van der Waals surface area contributed by atoms with Gasteiger partial charge >= 0.3 is 5.97 Å². The molecule has 1 rings (SSSR count). The van der Waals surface area contributed by atoms with Gasteiger partial charge in [0.15, 0.2) is 0 Å². The minimum Gasteiger partial charge on any atom is -0.494 e. The van der Waals surface area contributed by atoms with Crippen LogP contribution in [-0.2, 0) is 16.0 Å². The van der Waals surface area contributed by atoms with Crippen LogP contribution in [0.5, 0.6) is 5.75 Å². The lowest BCUT2D eigenvalue weighted by atomic mass is 10.1. The van der Waals surface area contributed by atoms with Crippen molar-refractivity contribution in [3.8, 4) is 5.75 Å². The van der Waals surface area contributed by atoms with E-state index in [1.165, 1.54) is 5.56 Å². The Labute approximate surface area is 127 Å². The van der Waals surface area contributed by atoms with Crippen LogP contribution in [0.25, 0.3) is 0 Å². The lowest BCUT2D eigenvalue weighted by Crippen LogP contribution is -2.17. The summed E-state index contributed by atoms with van der Waals surface area (Å²) < 4.78 is 10.6. The van der Waals surface area contributed by atoms with Crippen molar-refractivity contribution in [3.05, 3.63) is 29.8 Å². The highest BCUT2D eigenvalue weighted by Gasteiger charge is 2.02. The maximum absolute atomic E-state index is 11.2. The summed E-state index contributed by atoms with van der Waals surface area (Å²) in [6.45, 7) is 4.95. The molecule has 1 aromatic rings. The molecule has 0 aliphatic carbocycles. The number of rotatable bonds is 10. The van der Waals surface area contributed by atoms with E-state index in [2.05, 4.69) is 6.07 Å². The van der Waals surface area contributed by atoms with Crippen LogP contribution >= 0.6 is 0 Å². The Morgan fingerprint density at radius 2 is 2.10 bits per heavy atom. The number of nitrogens with two attached hydrogens (primary N) is 1. The van der Waals surface area contributed by atoms with E-state index in [0.717, 1.165) is 31.4 Å². The van der Waals surface area contributed by atoms with Crippen LogP contribution in [0.2, 0.25) is 0 Å². The summed E-state index contributed by atoms with van der Waals surface area (Å²) in [6, 6.07) is 8.22. The first-order valence-electron chi connectivity index (χ1n) is 7.74. The Morgan fingerprint density at radius 1 is 1.29 bits per heavy atom. The molecule has 0 radical (unpaired) electrons. The highest BCUT2D eigenvalue weighted by Crippen LogP contribution is 2.15. The zero-order chi connectivity index (χ0) is 15.5. The number of carbonyl (C=O) groups is 1. The Hall–Kier alpha value is -1.55. The molecule has 118 valence electrons. The average Bonchev–Trinajstić information content (AvgIpc) is 2.42. The maximum Gasteiger partial charge on any atom is 0.305 e. The van der Waals surface area contributed by atoms with E-state index in [1.807, 2.05) is 32.0 Å². The second-order valence-electron chi connectivity index (χ2n) is 5.29. The Kier molecular flexibility index (Phi) is 8.51. The maximum atomic E-state index is 11.2. The molecule has 0 aliphatic heterocycles. The SMILES string of the molecule is CCOC(=O)CCCCCOc1cccc(CC(C)N)c1.